The second-order valence-electron chi connectivity index (χ2n) is 5.46. The zero-order chi connectivity index (χ0) is 15.3. The van der Waals surface area contributed by atoms with Crippen LogP contribution in [-0.4, -0.2) is 33.7 Å². The molecular weight excluding hydrogens is 316 g/mol. The molecule has 1 unspecified atom stereocenters. The molecule has 0 spiro atoms. The summed E-state index contributed by atoms with van der Waals surface area (Å²) in [4.78, 5) is 4.56. The molecule has 2 aromatic rings. The van der Waals surface area contributed by atoms with Gasteiger partial charge in [-0.15, -0.1) is 11.3 Å². The second-order valence-corrected chi connectivity index (χ2v) is 7.51. The average Bonchev–Trinajstić information content (AvgIpc) is 3.16. The minimum atomic E-state index is -0.542. The Morgan fingerprint density at radius 3 is 2.95 bits per heavy atom. The molecular formula is C16H20N2O2S2. The van der Waals surface area contributed by atoms with E-state index >= 15 is 0 Å². The number of hydrogen-bond acceptors (Lipinski definition) is 6. The third-order valence-corrected chi connectivity index (χ3v) is 5.65. The van der Waals surface area contributed by atoms with Crippen LogP contribution >= 0.6 is 23.1 Å². The molecule has 1 aromatic carbocycles. The molecule has 2 heterocycles. The molecule has 0 aliphatic carbocycles. The summed E-state index contributed by atoms with van der Waals surface area (Å²) in [5, 5.41) is 16.6. The lowest BCUT2D eigenvalue weighted by Crippen LogP contribution is -2.40. The van der Waals surface area contributed by atoms with Crippen LogP contribution in [0.3, 0.4) is 0 Å². The summed E-state index contributed by atoms with van der Waals surface area (Å²) in [6, 6.07) is 9.76. The van der Waals surface area contributed by atoms with Gasteiger partial charge in [0.15, 0.2) is 0 Å². The molecule has 1 saturated heterocycles. The van der Waals surface area contributed by atoms with Gasteiger partial charge in [0, 0.05) is 24.2 Å². The van der Waals surface area contributed by atoms with Crippen LogP contribution in [0.2, 0.25) is 0 Å². The van der Waals surface area contributed by atoms with Crippen molar-refractivity contribution in [1.29, 1.82) is 0 Å². The van der Waals surface area contributed by atoms with Gasteiger partial charge >= 0.3 is 0 Å². The summed E-state index contributed by atoms with van der Waals surface area (Å²) in [6.45, 7) is 1.82. The molecule has 2 N–H and O–H groups in total. The average molecular weight is 336 g/mol. The predicted octanol–water partition coefficient (Wildman–Crippen LogP) is 2.68. The van der Waals surface area contributed by atoms with Crippen molar-refractivity contribution in [2.24, 2.45) is 0 Å². The number of para-hydroxylation sites is 1. The number of ether oxygens (including phenoxy) is 1. The largest absolute Gasteiger partial charge is 0.486 e. The van der Waals surface area contributed by atoms with Gasteiger partial charge in [-0.2, -0.15) is 11.8 Å². The van der Waals surface area contributed by atoms with E-state index in [1.165, 1.54) is 0 Å². The number of aliphatic hydroxyl groups is 1. The van der Waals surface area contributed by atoms with Crippen LogP contribution in [0.1, 0.15) is 17.1 Å². The lowest BCUT2D eigenvalue weighted by atomic mass is 10.0. The molecule has 118 valence electrons. The molecule has 1 aliphatic rings. The molecule has 22 heavy (non-hydrogen) atoms. The van der Waals surface area contributed by atoms with E-state index in [9.17, 15) is 5.11 Å². The Balaban J connectivity index is 1.43. The van der Waals surface area contributed by atoms with Gasteiger partial charge in [-0.25, -0.2) is 4.98 Å². The highest BCUT2D eigenvalue weighted by molar-refractivity contribution is 7.99. The number of hydrogen-bond donors (Lipinski definition) is 2. The fourth-order valence-electron chi connectivity index (χ4n) is 2.32. The Morgan fingerprint density at radius 1 is 1.32 bits per heavy atom. The predicted molar refractivity (Wildman–Crippen MR) is 91.5 cm³/mol. The van der Waals surface area contributed by atoms with Gasteiger partial charge in [-0.1, -0.05) is 18.2 Å². The van der Waals surface area contributed by atoms with E-state index in [2.05, 4.69) is 10.3 Å². The monoisotopic (exact) mass is 336 g/mol. The molecule has 0 amide bonds. The number of nitrogens with zero attached hydrogens (tertiary/aromatic N) is 1. The zero-order valence-corrected chi connectivity index (χ0v) is 14.0. The van der Waals surface area contributed by atoms with Crippen LogP contribution in [-0.2, 0) is 13.2 Å². The molecule has 1 aliphatic heterocycles. The molecule has 1 aromatic heterocycles. The quantitative estimate of drug-likeness (QED) is 0.814. The van der Waals surface area contributed by atoms with Crippen molar-refractivity contribution in [3.8, 4) is 5.75 Å². The number of thioether (sulfide) groups is 1. The fraction of sp³-hybridized carbons (Fsp3) is 0.438. The summed E-state index contributed by atoms with van der Waals surface area (Å²) in [5.74, 6) is 2.74. The van der Waals surface area contributed by atoms with Gasteiger partial charge in [-0.05, 0) is 24.3 Å². The van der Waals surface area contributed by atoms with E-state index < -0.39 is 5.60 Å². The summed E-state index contributed by atoms with van der Waals surface area (Å²) in [5.41, 5.74) is 0.464. The fourth-order valence-corrected chi connectivity index (χ4v) is 4.32. The maximum atomic E-state index is 10.3. The molecule has 1 fully saturated rings. The van der Waals surface area contributed by atoms with Crippen LogP contribution in [0.25, 0.3) is 0 Å². The Morgan fingerprint density at radius 2 is 2.18 bits per heavy atom. The van der Waals surface area contributed by atoms with Crippen LogP contribution in [0, 0.1) is 0 Å². The van der Waals surface area contributed by atoms with E-state index in [1.54, 1.807) is 11.3 Å². The third kappa shape index (κ3) is 4.46. The van der Waals surface area contributed by atoms with Crippen LogP contribution in [0.4, 0.5) is 0 Å². The van der Waals surface area contributed by atoms with Gasteiger partial charge in [0.05, 0.1) is 11.3 Å². The first-order valence-electron chi connectivity index (χ1n) is 7.36. The Labute approximate surface area is 138 Å². The van der Waals surface area contributed by atoms with Crippen LogP contribution in [0.5, 0.6) is 5.75 Å². The van der Waals surface area contributed by atoms with Gasteiger partial charge in [-0.3, -0.25) is 0 Å². The maximum Gasteiger partial charge on any atom is 0.140 e. The van der Waals surface area contributed by atoms with E-state index in [0.717, 1.165) is 34.4 Å². The number of rotatable bonds is 7. The molecule has 0 bridgehead atoms. The van der Waals surface area contributed by atoms with Gasteiger partial charge in [0.2, 0.25) is 0 Å². The van der Waals surface area contributed by atoms with Crippen molar-refractivity contribution >= 4 is 23.1 Å². The normalized spacial score (nSPS) is 21.1. The van der Waals surface area contributed by atoms with Crippen LogP contribution < -0.4 is 10.1 Å². The Hall–Kier alpha value is -1.08. The first-order valence-corrected chi connectivity index (χ1v) is 9.39. The topological polar surface area (TPSA) is 54.4 Å². The van der Waals surface area contributed by atoms with Crippen molar-refractivity contribution in [2.45, 2.75) is 25.2 Å². The van der Waals surface area contributed by atoms with Crippen molar-refractivity contribution in [2.75, 3.05) is 18.1 Å². The Kier molecular flexibility index (Phi) is 5.36. The van der Waals surface area contributed by atoms with Crippen molar-refractivity contribution in [3.63, 3.8) is 0 Å². The number of benzene rings is 1. The van der Waals surface area contributed by atoms with Gasteiger partial charge in [0.1, 0.15) is 17.4 Å². The first-order chi connectivity index (χ1) is 10.7. The van der Waals surface area contributed by atoms with E-state index in [-0.39, 0.29) is 0 Å². The standard InChI is InChI=1S/C16H20N2O2S2/c19-16(6-7-21-12-16)11-17-8-13-10-22-15(18-13)9-20-14-4-2-1-3-5-14/h1-5,10,17,19H,6-9,11-12H2. The first kappa shape index (κ1) is 15.8. The van der Waals surface area contributed by atoms with Crippen molar-refractivity contribution in [1.82, 2.24) is 10.3 Å². The highest BCUT2D eigenvalue weighted by atomic mass is 32.2. The van der Waals surface area contributed by atoms with Crippen molar-refractivity contribution < 1.29 is 9.84 Å². The minimum absolute atomic E-state index is 0.495. The van der Waals surface area contributed by atoms with E-state index in [0.29, 0.717) is 19.7 Å². The summed E-state index contributed by atoms with van der Waals surface area (Å²) >= 11 is 3.42. The molecule has 0 saturated carbocycles. The summed E-state index contributed by atoms with van der Waals surface area (Å²) in [7, 11) is 0. The van der Waals surface area contributed by atoms with E-state index in [1.807, 2.05) is 47.5 Å². The summed E-state index contributed by atoms with van der Waals surface area (Å²) < 4.78 is 5.69. The maximum absolute atomic E-state index is 10.3. The molecule has 1 atom stereocenters. The highest BCUT2D eigenvalue weighted by Crippen LogP contribution is 2.27. The van der Waals surface area contributed by atoms with Gasteiger partial charge < -0.3 is 15.2 Å². The summed E-state index contributed by atoms with van der Waals surface area (Å²) in [6.07, 6.45) is 0.873. The number of thiazole rings is 1. The zero-order valence-electron chi connectivity index (χ0n) is 12.3. The number of nitrogens with one attached hydrogen (secondary N) is 1. The molecule has 4 nitrogen and oxygen atoms in total. The minimum Gasteiger partial charge on any atom is -0.486 e. The molecule has 0 radical (unpaired) electrons. The lowest BCUT2D eigenvalue weighted by molar-refractivity contribution is 0.0674. The van der Waals surface area contributed by atoms with Crippen molar-refractivity contribution in [3.05, 3.63) is 46.4 Å². The molecule has 3 rings (SSSR count). The second kappa shape index (κ2) is 7.46. The highest BCUT2D eigenvalue weighted by Gasteiger charge is 2.30. The molecule has 6 heteroatoms. The SMILES string of the molecule is OC1(CNCc2csc(COc3ccccc3)n2)CCSC1. The Bertz CT molecular complexity index is 583. The van der Waals surface area contributed by atoms with Crippen LogP contribution in [0.15, 0.2) is 35.7 Å². The van der Waals surface area contributed by atoms with Gasteiger partial charge in [0.25, 0.3) is 0 Å². The smallest absolute Gasteiger partial charge is 0.140 e. The lowest BCUT2D eigenvalue weighted by Gasteiger charge is -2.21. The number of aromatic nitrogens is 1. The van der Waals surface area contributed by atoms with E-state index in [4.69, 9.17) is 4.74 Å². The third-order valence-electron chi connectivity index (χ3n) is 3.55.